The molecule has 0 amide bonds. The molecule has 0 aliphatic carbocycles. The maximum absolute atomic E-state index is 11.1. The first kappa shape index (κ1) is 13.6. The molecule has 1 aromatic rings. The van der Waals surface area contributed by atoms with E-state index in [0.717, 1.165) is 17.4 Å². The molecule has 1 aliphatic rings. The van der Waals surface area contributed by atoms with Gasteiger partial charge in [-0.2, -0.15) is 0 Å². The summed E-state index contributed by atoms with van der Waals surface area (Å²) in [7, 11) is 0. The van der Waals surface area contributed by atoms with E-state index >= 15 is 0 Å². The van der Waals surface area contributed by atoms with E-state index in [4.69, 9.17) is 5.11 Å². The Labute approximate surface area is 116 Å². The van der Waals surface area contributed by atoms with E-state index in [1.165, 1.54) is 5.56 Å². The molecule has 0 saturated carbocycles. The highest BCUT2D eigenvalue weighted by Crippen LogP contribution is 2.33. The number of rotatable bonds is 3. The number of benzene rings is 1. The van der Waals surface area contributed by atoms with E-state index in [1.807, 2.05) is 19.1 Å². The van der Waals surface area contributed by atoms with Gasteiger partial charge in [0, 0.05) is 16.6 Å². The van der Waals surface area contributed by atoms with Gasteiger partial charge >= 0.3 is 5.97 Å². The molecule has 1 aliphatic heterocycles. The third-order valence-electron chi connectivity index (χ3n) is 3.95. The second kappa shape index (κ2) is 5.41. The number of carboxylic acid groups (broad SMARTS) is 1. The molecule has 3 atom stereocenters. The van der Waals surface area contributed by atoms with Gasteiger partial charge in [-0.15, -0.1) is 0 Å². The fraction of sp³-hybridized carbons (Fsp3) is 0.500. The van der Waals surface area contributed by atoms with Crippen molar-refractivity contribution >= 4 is 21.9 Å². The second-order valence-electron chi connectivity index (χ2n) is 4.94. The van der Waals surface area contributed by atoms with Crippen LogP contribution in [0.15, 0.2) is 28.7 Å². The number of halogens is 1. The van der Waals surface area contributed by atoms with Crippen LogP contribution in [0.3, 0.4) is 0 Å². The van der Waals surface area contributed by atoms with Gasteiger partial charge in [-0.05, 0) is 44.5 Å². The molecule has 3 unspecified atom stereocenters. The summed E-state index contributed by atoms with van der Waals surface area (Å²) in [5.74, 6) is -0.911. The predicted octanol–water partition coefficient (Wildman–Crippen LogP) is 3.31. The third kappa shape index (κ3) is 2.59. The fourth-order valence-electron chi connectivity index (χ4n) is 2.80. The van der Waals surface area contributed by atoms with Crippen LogP contribution in [-0.4, -0.2) is 28.6 Å². The first-order valence-electron chi connectivity index (χ1n) is 6.24. The van der Waals surface area contributed by atoms with Crippen LogP contribution in [-0.2, 0) is 4.79 Å². The molecule has 0 aromatic heterocycles. The van der Waals surface area contributed by atoms with Gasteiger partial charge in [-0.1, -0.05) is 28.1 Å². The van der Waals surface area contributed by atoms with Gasteiger partial charge in [-0.25, -0.2) is 0 Å². The van der Waals surface area contributed by atoms with Crippen molar-refractivity contribution in [1.82, 2.24) is 4.90 Å². The third-order valence-corrected chi connectivity index (χ3v) is 4.44. The molecule has 0 spiro atoms. The van der Waals surface area contributed by atoms with Crippen molar-refractivity contribution < 1.29 is 9.90 Å². The minimum absolute atomic E-state index is 0.0940. The second-order valence-corrected chi connectivity index (χ2v) is 5.86. The zero-order valence-electron chi connectivity index (χ0n) is 10.6. The maximum Gasteiger partial charge on any atom is 0.308 e. The molecule has 1 fully saturated rings. The summed E-state index contributed by atoms with van der Waals surface area (Å²) in [4.78, 5) is 13.4. The summed E-state index contributed by atoms with van der Waals surface area (Å²) in [6.45, 7) is 5.01. The molecule has 1 aromatic carbocycles. The van der Waals surface area contributed by atoms with Crippen LogP contribution in [0.4, 0.5) is 0 Å². The molecule has 18 heavy (non-hydrogen) atoms. The van der Waals surface area contributed by atoms with Crippen LogP contribution < -0.4 is 0 Å². The van der Waals surface area contributed by atoms with Gasteiger partial charge in [0.05, 0.1) is 5.92 Å². The molecule has 2 rings (SSSR count). The Morgan fingerprint density at radius 1 is 1.56 bits per heavy atom. The van der Waals surface area contributed by atoms with Gasteiger partial charge in [0.2, 0.25) is 0 Å². The highest BCUT2D eigenvalue weighted by Gasteiger charge is 2.37. The lowest BCUT2D eigenvalue weighted by atomic mass is 10.0. The largest absolute Gasteiger partial charge is 0.481 e. The SMILES string of the molecule is CC(c1cccc(Br)c1)N1CCC(C(=O)O)C1C. The fourth-order valence-corrected chi connectivity index (χ4v) is 3.22. The van der Waals surface area contributed by atoms with E-state index in [9.17, 15) is 4.79 Å². The Bertz CT molecular complexity index is 449. The smallest absolute Gasteiger partial charge is 0.308 e. The van der Waals surface area contributed by atoms with E-state index in [-0.39, 0.29) is 18.0 Å². The van der Waals surface area contributed by atoms with Crippen molar-refractivity contribution in [1.29, 1.82) is 0 Å². The van der Waals surface area contributed by atoms with Crippen LogP contribution in [0.2, 0.25) is 0 Å². The Morgan fingerprint density at radius 2 is 2.28 bits per heavy atom. The van der Waals surface area contributed by atoms with Gasteiger partial charge in [0.15, 0.2) is 0 Å². The van der Waals surface area contributed by atoms with Gasteiger partial charge in [-0.3, -0.25) is 9.69 Å². The monoisotopic (exact) mass is 311 g/mol. The highest BCUT2D eigenvalue weighted by molar-refractivity contribution is 9.10. The van der Waals surface area contributed by atoms with Gasteiger partial charge in [0.25, 0.3) is 0 Å². The maximum atomic E-state index is 11.1. The number of carbonyl (C=O) groups is 1. The number of nitrogens with zero attached hydrogens (tertiary/aromatic N) is 1. The summed E-state index contributed by atoms with van der Waals surface area (Å²) in [6.07, 6.45) is 0.745. The molecule has 98 valence electrons. The number of hydrogen-bond donors (Lipinski definition) is 1. The number of carboxylic acids is 1. The summed E-state index contributed by atoms with van der Waals surface area (Å²) in [6, 6.07) is 8.56. The first-order chi connectivity index (χ1) is 8.50. The summed E-state index contributed by atoms with van der Waals surface area (Å²) in [5, 5.41) is 9.16. The molecule has 1 heterocycles. The van der Waals surface area contributed by atoms with E-state index in [0.29, 0.717) is 0 Å². The van der Waals surface area contributed by atoms with Crippen LogP contribution in [0.5, 0.6) is 0 Å². The number of likely N-dealkylation sites (tertiary alicyclic amines) is 1. The van der Waals surface area contributed by atoms with Crippen molar-refractivity contribution in [3.63, 3.8) is 0 Å². The number of hydrogen-bond acceptors (Lipinski definition) is 2. The lowest BCUT2D eigenvalue weighted by Gasteiger charge is -2.30. The Hall–Kier alpha value is -0.870. The van der Waals surface area contributed by atoms with E-state index < -0.39 is 5.97 Å². The van der Waals surface area contributed by atoms with Crippen molar-refractivity contribution in [3.8, 4) is 0 Å². The quantitative estimate of drug-likeness (QED) is 0.931. The summed E-state index contributed by atoms with van der Waals surface area (Å²) < 4.78 is 1.06. The lowest BCUT2D eigenvalue weighted by Crippen LogP contribution is -2.34. The Kier molecular flexibility index (Phi) is 4.07. The molecule has 0 bridgehead atoms. The van der Waals surface area contributed by atoms with E-state index in [2.05, 4.69) is 39.9 Å². The van der Waals surface area contributed by atoms with Crippen molar-refractivity contribution in [2.45, 2.75) is 32.4 Å². The van der Waals surface area contributed by atoms with Crippen LogP contribution >= 0.6 is 15.9 Å². The molecule has 3 nitrogen and oxygen atoms in total. The zero-order chi connectivity index (χ0) is 13.3. The molecular formula is C14H18BrNO2. The van der Waals surface area contributed by atoms with E-state index in [1.54, 1.807) is 0 Å². The summed E-state index contributed by atoms with van der Waals surface area (Å²) >= 11 is 3.48. The Morgan fingerprint density at radius 3 is 2.83 bits per heavy atom. The average molecular weight is 312 g/mol. The standard InChI is InChI=1S/C14H18BrNO2/c1-9(11-4-3-5-12(15)8-11)16-7-6-13(10(16)2)14(17)18/h3-5,8-10,13H,6-7H2,1-2H3,(H,17,18). The van der Waals surface area contributed by atoms with Crippen molar-refractivity contribution in [3.05, 3.63) is 34.3 Å². The number of aliphatic carboxylic acids is 1. The molecule has 1 N–H and O–H groups in total. The van der Waals surface area contributed by atoms with Crippen molar-refractivity contribution in [2.24, 2.45) is 5.92 Å². The summed E-state index contributed by atoms with van der Waals surface area (Å²) in [5.41, 5.74) is 1.22. The van der Waals surface area contributed by atoms with Gasteiger partial charge in [0.1, 0.15) is 0 Å². The van der Waals surface area contributed by atoms with Crippen LogP contribution in [0, 0.1) is 5.92 Å². The van der Waals surface area contributed by atoms with Crippen molar-refractivity contribution in [2.75, 3.05) is 6.54 Å². The average Bonchev–Trinajstić information content (AvgIpc) is 2.70. The zero-order valence-corrected chi connectivity index (χ0v) is 12.2. The molecule has 4 heteroatoms. The minimum atomic E-state index is -0.675. The normalized spacial score (nSPS) is 26.2. The van der Waals surface area contributed by atoms with Crippen LogP contribution in [0.1, 0.15) is 31.9 Å². The molecule has 1 saturated heterocycles. The minimum Gasteiger partial charge on any atom is -0.481 e. The lowest BCUT2D eigenvalue weighted by molar-refractivity contribution is -0.142. The van der Waals surface area contributed by atoms with Gasteiger partial charge < -0.3 is 5.11 Å². The predicted molar refractivity (Wildman–Crippen MR) is 74.5 cm³/mol. The first-order valence-corrected chi connectivity index (χ1v) is 7.04. The topological polar surface area (TPSA) is 40.5 Å². The molecule has 0 radical (unpaired) electrons. The Balaban J connectivity index is 2.15. The molecular weight excluding hydrogens is 294 g/mol. The highest BCUT2D eigenvalue weighted by atomic mass is 79.9. The van der Waals surface area contributed by atoms with Crippen LogP contribution in [0.25, 0.3) is 0 Å².